The van der Waals surface area contributed by atoms with E-state index in [-0.39, 0.29) is 12.5 Å². The second-order valence-electron chi connectivity index (χ2n) is 7.50. The van der Waals surface area contributed by atoms with Gasteiger partial charge in [0.1, 0.15) is 5.75 Å². The first-order chi connectivity index (χ1) is 13.7. The van der Waals surface area contributed by atoms with Crippen molar-refractivity contribution in [3.8, 4) is 5.75 Å². The van der Waals surface area contributed by atoms with Crippen LogP contribution >= 0.6 is 0 Å². The minimum atomic E-state index is -0.108. The lowest BCUT2D eigenvalue weighted by Gasteiger charge is -2.33. The quantitative estimate of drug-likeness (QED) is 0.465. The number of ether oxygens (including phenoxy) is 1. The first-order valence-electron chi connectivity index (χ1n) is 10.4. The van der Waals surface area contributed by atoms with Crippen molar-refractivity contribution < 1.29 is 9.53 Å². The van der Waals surface area contributed by atoms with Gasteiger partial charge < -0.3 is 25.6 Å². The van der Waals surface area contributed by atoms with Gasteiger partial charge in [-0.1, -0.05) is 12.1 Å². The molecule has 1 amide bonds. The molecule has 0 spiro atoms. The van der Waals surface area contributed by atoms with Crippen LogP contribution in [-0.4, -0.2) is 62.1 Å². The summed E-state index contributed by atoms with van der Waals surface area (Å²) in [7, 11) is 1.81. The molecule has 0 bridgehead atoms. The molecular weight excluding hydrogens is 354 g/mol. The van der Waals surface area contributed by atoms with Crippen molar-refractivity contribution in [3.63, 3.8) is 0 Å². The van der Waals surface area contributed by atoms with Crippen LogP contribution in [0, 0.1) is 0 Å². The van der Waals surface area contributed by atoms with Crippen molar-refractivity contribution in [2.45, 2.75) is 51.2 Å². The Balaban J connectivity index is 1.42. The average molecular weight is 388 g/mol. The first-order valence-corrected chi connectivity index (χ1v) is 10.4. The van der Waals surface area contributed by atoms with E-state index in [9.17, 15) is 4.79 Å². The summed E-state index contributed by atoms with van der Waals surface area (Å²) in [6.07, 6.45) is 5.10. The molecule has 1 saturated heterocycles. The molecule has 1 aromatic rings. The van der Waals surface area contributed by atoms with E-state index in [1.165, 1.54) is 38.8 Å². The Morgan fingerprint density at radius 1 is 1.21 bits per heavy atom. The lowest BCUT2D eigenvalue weighted by Crippen LogP contribution is -2.48. The number of amides is 1. The minimum absolute atomic E-state index is 0.0352. The fraction of sp³-hybridized carbons (Fsp3) is 0.619. The monoisotopic (exact) mass is 387 g/mol. The molecule has 0 radical (unpaired) electrons. The van der Waals surface area contributed by atoms with Gasteiger partial charge in [0.25, 0.3) is 5.91 Å². The van der Waals surface area contributed by atoms with Crippen LogP contribution < -0.4 is 20.7 Å². The number of likely N-dealkylation sites (N-methyl/N-ethyl adjacent to an activating group) is 1. The maximum atomic E-state index is 11.5. The lowest BCUT2D eigenvalue weighted by molar-refractivity contribution is -0.122. The van der Waals surface area contributed by atoms with Crippen LogP contribution in [0.15, 0.2) is 29.3 Å². The predicted octanol–water partition coefficient (Wildman–Crippen LogP) is 1.49. The summed E-state index contributed by atoms with van der Waals surface area (Å²) < 4.78 is 5.56. The lowest BCUT2D eigenvalue weighted by atomic mass is 10.1. The summed E-state index contributed by atoms with van der Waals surface area (Å²) in [5, 5.41) is 9.66. The van der Waals surface area contributed by atoms with Gasteiger partial charge in [-0.25, -0.2) is 0 Å². The topological polar surface area (TPSA) is 78.0 Å². The van der Waals surface area contributed by atoms with E-state index in [1.807, 2.05) is 31.2 Å². The van der Waals surface area contributed by atoms with Crippen molar-refractivity contribution in [2.24, 2.45) is 4.99 Å². The molecule has 1 saturated carbocycles. The summed E-state index contributed by atoms with van der Waals surface area (Å²) in [6, 6.07) is 9.13. The fourth-order valence-corrected chi connectivity index (χ4v) is 3.56. The van der Waals surface area contributed by atoms with E-state index in [4.69, 9.17) is 4.74 Å². The Kier molecular flexibility index (Phi) is 7.54. The number of aliphatic imine (C=N–C) groups is 1. The maximum Gasteiger partial charge on any atom is 0.257 e. The number of nitrogens with zero attached hydrogens (tertiary/aromatic N) is 2. The summed E-state index contributed by atoms with van der Waals surface area (Å²) >= 11 is 0. The first kappa shape index (κ1) is 20.5. The molecule has 3 N–H and O–H groups in total. The van der Waals surface area contributed by atoms with Crippen LogP contribution in [0.25, 0.3) is 0 Å². The third-order valence-corrected chi connectivity index (χ3v) is 5.26. The Bertz CT molecular complexity index is 667. The van der Waals surface area contributed by atoms with Crippen molar-refractivity contribution in [2.75, 3.05) is 33.3 Å². The number of benzene rings is 1. The Morgan fingerprint density at radius 3 is 2.68 bits per heavy atom. The summed E-state index contributed by atoms with van der Waals surface area (Å²) in [5.41, 5.74) is 1.08. The van der Waals surface area contributed by atoms with E-state index < -0.39 is 0 Å². The standard InChI is InChI=1S/C21H33N5O2/c1-3-23-20(27)15-28-19-6-4-5-16(13-19)14-24-21(22-2)25-17-9-11-26(12-10-17)18-7-8-18/h4-6,13,17-18H,3,7-12,14-15H2,1-2H3,(H,23,27)(H2,22,24,25). The van der Waals surface area contributed by atoms with E-state index in [2.05, 4.69) is 25.8 Å². The van der Waals surface area contributed by atoms with Gasteiger partial charge in [0.15, 0.2) is 12.6 Å². The Labute approximate surface area is 167 Å². The molecule has 2 fully saturated rings. The molecule has 1 heterocycles. The normalized spacial score (nSPS) is 18.6. The molecule has 154 valence electrons. The molecule has 0 aromatic heterocycles. The third-order valence-electron chi connectivity index (χ3n) is 5.26. The largest absolute Gasteiger partial charge is 0.484 e. The van der Waals surface area contributed by atoms with E-state index in [0.717, 1.165) is 17.6 Å². The molecule has 28 heavy (non-hydrogen) atoms. The summed E-state index contributed by atoms with van der Waals surface area (Å²) in [6.45, 7) is 5.56. The molecule has 0 unspecified atom stereocenters. The van der Waals surface area contributed by atoms with Crippen LogP contribution in [0.4, 0.5) is 0 Å². The van der Waals surface area contributed by atoms with Crippen molar-refractivity contribution in [3.05, 3.63) is 29.8 Å². The maximum absolute atomic E-state index is 11.5. The van der Waals surface area contributed by atoms with Crippen molar-refractivity contribution in [1.82, 2.24) is 20.9 Å². The molecule has 7 heteroatoms. The Morgan fingerprint density at radius 2 is 2.00 bits per heavy atom. The van der Waals surface area contributed by atoms with Gasteiger partial charge in [-0.15, -0.1) is 0 Å². The zero-order valence-corrected chi connectivity index (χ0v) is 17.0. The van der Waals surface area contributed by atoms with E-state index >= 15 is 0 Å². The molecule has 0 atom stereocenters. The minimum Gasteiger partial charge on any atom is -0.484 e. The highest BCUT2D eigenvalue weighted by Crippen LogP contribution is 2.29. The predicted molar refractivity (Wildman–Crippen MR) is 112 cm³/mol. The van der Waals surface area contributed by atoms with Gasteiger partial charge in [0.05, 0.1) is 0 Å². The molecular formula is C21H33N5O2. The number of piperidine rings is 1. The highest BCUT2D eigenvalue weighted by atomic mass is 16.5. The number of hydrogen-bond acceptors (Lipinski definition) is 4. The van der Waals surface area contributed by atoms with Gasteiger partial charge in [0.2, 0.25) is 0 Å². The van der Waals surface area contributed by atoms with Gasteiger partial charge >= 0.3 is 0 Å². The van der Waals surface area contributed by atoms with Crippen LogP contribution in [0.5, 0.6) is 5.75 Å². The molecule has 3 rings (SSSR count). The van der Waals surface area contributed by atoms with Gasteiger partial charge in [-0.3, -0.25) is 9.79 Å². The number of likely N-dealkylation sites (tertiary alicyclic amines) is 1. The second-order valence-corrected chi connectivity index (χ2v) is 7.50. The molecule has 1 aliphatic carbocycles. The molecule has 1 aromatic carbocycles. The number of rotatable bonds is 8. The third kappa shape index (κ3) is 6.41. The van der Waals surface area contributed by atoms with Gasteiger partial charge in [0, 0.05) is 45.3 Å². The SMILES string of the molecule is CCNC(=O)COc1cccc(CNC(=NC)NC2CCN(C3CC3)CC2)c1. The number of carbonyl (C=O) groups is 1. The summed E-state index contributed by atoms with van der Waals surface area (Å²) in [5.74, 6) is 1.42. The van der Waals surface area contributed by atoms with Crippen LogP contribution in [0.1, 0.15) is 38.2 Å². The van der Waals surface area contributed by atoms with Crippen molar-refractivity contribution in [1.29, 1.82) is 0 Å². The summed E-state index contributed by atoms with van der Waals surface area (Å²) in [4.78, 5) is 18.5. The molecule has 2 aliphatic rings. The van der Waals surface area contributed by atoms with Crippen LogP contribution in [0.2, 0.25) is 0 Å². The molecule has 7 nitrogen and oxygen atoms in total. The molecule has 1 aliphatic heterocycles. The highest BCUT2D eigenvalue weighted by molar-refractivity contribution is 5.80. The second kappa shape index (κ2) is 10.3. The number of guanidine groups is 1. The van der Waals surface area contributed by atoms with E-state index in [0.29, 0.717) is 24.9 Å². The van der Waals surface area contributed by atoms with Crippen LogP contribution in [-0.2, 0) is 11.3 Å². The highest BCUT2D eigenvalue weighted by Gasteiger charge is 2.31. The Hall–Kier alpha value is -2.28. The van der Waals surface area contributed by atoms with E-state index in [1.54, 1.807) is 7.05 Å². The smallest absolute Gasteiger partial charge is 0.257 e. The van der Waals surface area contributed by atoms with Crippen molar-refractivity contribution >= 4 is 11.9 Å². The average Bonchev–Trinajstić information content (AvgIpc) is 3.56. The van der Waals surface area contributed by atoms with Gasteiger partial charge in [-0.05, 0) is 50.3 Å². The zero-order chi connectivity index (χ0) is 19.8. The van der Waals surface area contributed by atoms with Gasteiger partial charge in [-0.2, -0.15) is 0 Å². The number of nitrogens with one attached hydrogen (secondary N) is 3. The number of carbonyl (C=O) groups excluding carboxylic acids is 1. The fourth-order valence-electron chi connectivity index (χ4n) is 3.56. The number of hydrogen-bond donors (Lipinski definition) is 3. The zero-order valence-electron chi connectivity index (χ0n) is 17.0. The van der Waals surface area contributed by atoms with Crippen LogP contribution in [0.3, 0.4) is 0 Å².